The zero-order chi connectivity index (χ0) is 46.2. The Morgan fingerprint density at radius 3 is 1.06 bits per heavy atom. The average molecular weight is 912 g/mol. The summed E-state index contributed by atoms with van der Waals surface area (Å²) in [6.45, 7) is 8.80. The normalized spacial score (nSPS) is 18.5. The second-order valence-electron chi connectivity index (χ2n) is 19.5. The van der Waals surface area contributed by atoms with Gasteiger partial charge in [0.1, 0.15) is 18.3 Å². The van der Waals surface area contributed by atoms with Gasteiger partial charge in [0.05, 0.1) is 25.9 Å². The van der Waals surface area contributed by atoms with E-state index in [4.69, 9.17) is 23.7 Å². The van der Waals surface area contributed by atoms with Crippen molar-refractivity contribution in [2.75, 3.05) is 19.7 Å². The van der Waals surface area contributed by atoms with E-state index in [0.29, 0.717) is 26.4 Å². The number of ether oxygens (including phenoxy) is 5. The molecular formula is C60H97NO5. The van der Waals surface area contributed by atoms with Crippen molar-refractivity contribution in [2.24, 2.45) is 0 Å². The molecule has 0 saturated carbocycles. The van der Waals surface area contributed by atoms with Gasteiger partial charge in [-0.15, -0.1) is 0 Å². The number of benzene rings is 3. The summed E-state index contributed by atoms with van der Waals surface area (Å²) in [5, 5.41) is 3.70. The minimum absolute atomic E-state index is 0.235. The Hall–Kier alpha value is -2.58. The fraction of sp³-hybridized carbons (Fsp3) is 0.700. The lowest BCUT2D eigenvalue weighted by Crippen LogP contribution is -2.60. The quantitative estimate of drug-likeness (QED) is 0.0571. The van der Waals surface area contributed by atoms with Crippen LogP contribution in [0.5, 0.6) is 0 Å². The van der Waals surface area contributed by atoms with Crippen LogP contribution in [0.25, 0.3) is 0 Å². The summed E-state index contributed by atoms with van der Waals surface area (Å²) in [7, 11) is 0. The molecule has 1 heterocycles. The molecule has 4 rings (SSSR count). The highest BCUT2D eigenvalue weighted by molar-refractivity contribution is 5.15. The predicted octanol–water partition coefficient (Wildman–Crippen LogP) is 16.4. The van der Waals surface area contributed by atoms with Crippen molar-refractivity contribution in [2.45, 2.75) is 251 Å². The van der Waals surface area contributed by atoms with E-state index in [0.717, 1.165) is 23.1 Å². The van der Waals surface area contributed by atoms with Gasteiger partial charge in [-0.05, 0) is 56.0 Å². The van der Waals surface area contributed by atoms with Gasteiger partial charge in [0.2, 0.25) is 0 Å². The van der Waals surface area contributed by atoms with Crippen LogP contribution in [0, 0.1) is 0 Å². The first-order valence-corrected chi connectivity index (χ1v) is 27.7. The molecule has 0 radical (unpaired) electrons. The molecular weight excluding hydrogens is 815 g/mol. The van der Waals surface area contributed by atoms with Gasteiger partial charge >= 0.3 is 0 Å². The van der Waals surface area contributed by atoms with Crippen molar-refractivity contribution >= 4 is 0 Å². The molecule has 66 heavy (non-hydrogen) atoms. The van der Waals surface area contributed by atoms with E-state index >= 15 is 0 Å². The maximum absolute atomic E-state index is 6.73. The molecule has 6 nitrogen and oxygen atoms in total. The van der Waals surface area contributed by atoms with Crippen molar-refractivity contribution < 1.29 is 23.7 Å². The van der Waals surface area contributed by atoms with Gasteiger partial charge in [-0.25, -0.2) is 0 Å². The van der Waals surface area contributed by atoms with Crippen LogP contribution in [0.4, 0.5) is 0 Å². The van der Waals surface area contributed by atoms with Gasteiger partial charge < -0.3 is 29.0 Å². The van der Waals surface area contributed by atoms with Crippen molar-refractivity contribution in [3.05, 3.63) is 108 Å². The minimum atomic E-state index is -0.545. The standard InChI is InChI=1S/C60H97NO5/c1-3-4-5-6-7-8-9-10-11-12-14-17-20-23-26-38-47-61-48-39-27-24-21-18-15-13-16-19-22-25-28-40-49-62-60-59(65-52-56-45-36-31-37-46-56)58(64-51-55-43-34-30-35-44-55)57(53(2)66-60)63-50-54-41-32-29-33-42-54/h29-37,41-46,53,57-61H,3-28,38-40,47-52H2,1-2H3/t53-,57-,58+,59+,60+/m0/s1. The zero-order valence-electron chi connectivity index (χ0n) is 42.3. The SMILES string of the molecule is CCCCCCCCCCCCCCCCCCNCCCCCCCCCCCCCCCO[C@@H]1O[C@@H](C)[C@H](OCc2ccccc2)[C@@H](OCc2ccccc2)[C@H]1OCc1ccccc1. The number of unbranched alkanes of at least 4 members (excludes halogenated alkanes) is 27. The molecule has 0 spiro atoms. The van der Waals surface area contributed by atoms with Crippen molar-refractivity contribution in [3.63, 3.8) is 0 Å². The third-order valence-electron chi connectivity index (χ3n) is 13.6. The average Bonchev–Trinajstić information content (AvgIpc) is 3.35. The predicted molar refractivity (Wildman–Crippen MR) is 278 cm³/mol. The lowest BCUT2D eigenvalue weighted by Gasteiger charge is -2.45. The van der Waals surface area contributed by atoms with Crippen LogP contribution in [0.15, 0.2) is 91.0 Å². The van der Waals surface area contributed by atoms with Crippen molar-refractivity contribution in [3.8, 4) is 0 Å². The molecule has 3 aromatic rings. The van der Waals surface area contributed by atoms with Crippen LogP contribution >= 0.6 is 0 Å². The maximum Gasteiger partial charge on any atom is 0.186 e. The molecule has 5 atom stereocenters. The fourth-order valence-electron chi connectivity index (χ4n) is 9.42. The molecule has 6 heteroatoms. The molecule has 1 N–H and O–H groups in total. The Kier molecular flexibility index (Phi) is 33.3. The van der Waals surface area contributed by atoms with Crippen LogP contribution < -0.4 is 5.32 Å². The first-order valence-electron chi connectivity index (χ1n) is 27.7. The molecule has 0 bridgehead atoms. The maximum atomic E-state index is 6.73. The summed E-state index contributed by atoms with van der Waals surface area (Å²) in [4.78, 5) is 0. The Bertz CT molecular complexity index is 1480. The van der Waals surface area contributed by atoms with Crippen LogP contribution in [-0.2, 0) is 43.5 Å². The fourth-order valence-corrected chi connectivity index (χ4v) is 9.42. The molecule has 372 valence electrons. The second-order valence-corrected chi connectivity index (χ2v) is 19.5. The van der Waals surface area contributed by atoms with Gasteiger partial charge in [-0.1, -0.05) is 265 Å². The van der Waals surface area contributed by atoms with E-state index < -0.39 is 12.4 Å². The van der Waals surface area contributed by atoms with Gasteiger partial charge in [-0.3, -0.25) is 0 Å². The highest BCUT2D eigenvalue weighted by Crippen LogP contribution is 2.31. The Labute approximate surface area is 405 Å². The Morgan fingerprint density at radius 1 is 0.364 bits per heavy atom. The summed E-state index contributed by atoms with van der Waals surface area (Å²) in [6.07, 6.45) is 38.3. The van der Waals surface area contributed by atoms with E-state index in [1.807, 2.05) is 54.6 Å². The Morgan fingerprint density at radius 2 is 0.682 bits per heavy atom. The highest BCUT2D eigenvalue weighted by atomic mass is 16.7. The third-order valence-corrected chi connectivity index (χ3v) is 13.6. The molecule has 3 aromatic carbocycles. The summed E-state index contributed by atoms with van der Waals surface area (Å²) in [6, 6.07) is 30.9. The molecule has 0 aliphatic carbocycles. The molecule has 0 unspecified atom stereocenters. The summed E-state index contributed by atoms with van der Waals surface area (Å²) in [5.74, 6) is 0. The van der Waals surface area contributed by atoms with Crippen molar-refractivity contribution in [1.29, 1.82) is 0 Å². The van der Waals surface area contributed by atoms with E-state index in [1.165, 1.54) is 193 Å². The summed E-state index contributed by atoms with van der Waals surface area (Å²) < 4.78 is 33.1. The van der Waals surface area contributed by atoms with E-state index in [2.05, 4.69) is 55.6 Å². The largest absolute Gasteiger partial charge is 0.368 e. The molecule has 1 aliphatic heterocycles. The van der Waals surface area contributed by atoms with E-state index in [1.54, 1.807) is 0 Å². The lowest BCUT2D eigenvalue weighted by molar-refractivity contribution is -0.320. The number of nitrogens with one attached hydrogen (secondary N) is 1. The lowest BCUT2D eigenvalue weighted by atomic mass is 9.98. The van der Waals surface area contributed by atoms with Gasteiger partial charge in [0.25, 0.3) is 0 Å². The monoisotopic (exact) mass is 912 g/mol. The second kappa shape index (κ2) is 39.3. The molecule has 1 saturated heterocycles. The summed E-state index contributed by atoms with van der Waals surface area (Å²) >= 11 is 0. The first-order chi connectivity index (χ1) is 32.7. The molecule has 1 aliphatic rings. The Balaban J connectivity index is 0.976. The number of rotatable bonds is 43. The highest BCUT2D eigenvalue weighted by Gasteiger charge is 2.47. The van der Waals surface area contributed by atoms with E-state index in [9.17, 15) is 0 Å². The van der Waals surface area contributed by atoms with Crippen LogP contribution in [0.2, 0.25) is 0 Å². The van der Waals surface area contributed by atoms with Crippen molar-refractivity contribution in [1.82, 2.24) is 5.32 Å². The topological polar surface area (TPSA) is 58.2 Å². The van der Waals surface area contributed by atoms with Gasteiger partial charge in [0.15, 0.2) is 6.29 Å². The van der Waals surface area contributed by atoms with Crippen LogP contribution in [-0.4, -0.2) is 50.4 Å². The van der Waals surface area contributed by atoms with Crippen LogP contribution in [0.3, 0.4) is 0 Å². The number of hydrogen-bond acceptors (Lipinski definition) is 6. The minimum Gasteiger partial charge on any atom is -0.368 e. The summed E-state index contributed by atoms with van der Waals surface area (Å²) in [5.41, 5.74) is 3.33. The molecule has 1 fully saturated rings. The third kappa shape index (κ3) is 26.8. The molecule has 0 aromatic heterocycles. The van der Waals surface area contributed by atoms with Crippen LogP contribution in [0.1, 0.15) is 217 Å². The first kappa shape index (κ1) is 56.0. The smallest absolute Gasteiger partial charge is 0.186 e. The zero-order valence-corrected chi connectivity index (χ0v) is 42.3. The number of hydrogen-bond donors (Lipinski definition) is 1. The van der Waals surface area contributed by atoms with Gasteiger partial charge in [0, 0.05) is 6.61 Å². The molecule has 0 amide bonds. The van der Waals surface area contributed by atoms with Gasteiger partial charge in [-0.2, -0.15) is 0 Å². The van der Waals surface area contributed by atoms with E-state index in [-0.39, 0.29) is 18.3 Å².